The van der Waals surface area contributed by atoms with Gasteiger partial charge in [0.25, 0.3) is 0 Å². The standard InChI is InChI=1S/C30H34F4O/c1-2-3-4-5-6-7-20-8-10-21(11-9-20)22-12-15-25-23(18-22)13-16-26(29(25)32)24-14-17-28(27(31)19-24)35-30(33)34/h12-21,30H,2-11H2,1H3/t20-,21-. The van der Waals surface area contributed by atoms with Gasteiger partial charge in [0.15, 0.2) is 11.6 Å². The van der Waals surface area contributed by atoms with Crippen molar-refractivity contribution in [3.63, 3.8) is 0 Å². The van der Waals surface area contributed by atoms with E-state index in [1.807, 2.05) is 18.2 Å². The molecule has 5 heteroatoms. The van der Waals surface area contributed by atoms with Gasteiger partial charge in [-0.3, -0.25) is 0 Å². The first-order valence-corrected chi connectivity index (χ1v) is 12.9. The lowest BCUT2D eigenvalue weighted by atomic mass is 9.76. The molecule has 3 aromatic rings. The van der Waals surface area contributed by atoms with Gasteiger partial charge >= 0.3 is 6.61 Å². The maximum absolute atomic E-state index is 15.3. The Balaban J connectivity index is 1.43. The topological polar surface area (TPSA) is 9.23 Å². The summed E-state index contributed by atoms with van der Waals surface area (Å²) < 4.78 is 58.4. The maximum Gasteiger partial charge on any atom is 0.387 e. The third kappa shape index (κ3) is 6.36. The van der Waals surface area contributed by atoms with E-state index < -0.39 is 24.0 Å². The first-order valence-electron chi connectivity index (χ1n) is 12.9. The fourth-order valence-corrected chi connectivity index (χ4v) is 5.47. The summed E-state index contributed by atoms with van der Waals surface area (Å²) in [4.78, 5) is 0. The molecule has 1 aliphatic carbocycles. The van der Waals surface area contributed by atoms with Crippen LogP contribution >= 0.6 is 0 Å². The van der Waals surface area contributed by atoms with Crippen LogP contribution in [0.5, 0.6) is 5.75 Å². The first-order chi connectivity index (χ1) is 17.0. The normalized spacial score (nSPS) is 18.3. The maximum atomic E-state index is 15.3. The molecule has 188 valence electrons. The molecule has 1 nitrogen and oxygen atoms in total. The highest BCUT2D eigenvalue weighted by Crippen LogP contribution is 2.39. The Bertz CT molecular complexity index is 1120. The summed E-state index contributed by atoms with van der Waals surface area (Å²) in [7, 11) is 0. The number of benzene rings is 3. The van der Waals surface area contributed by atoms with E-state index in [2.05, 4.69) is 17.7 Å². The number of unbranched alkanes of at least 4 members (excludes halogenated alkanes) is 4. The number of fused-ring (bicyclic) bond motifs is 1. The van der Waals surface area contributed by atoms with Crippen molar-refractivity contribution in [3.8, 4) is 16.9 Å². The van der Waals surface area contributed by atoms with Crippen molar-refractivity contribution in [2.45, 2.75) is 83.7 Å². The summed E-state index contributed by atoms with van der Waals surface area (Å²) in [5, 5.41) is 1.29. The van der Waals surface area contributed by atoms with Crippen molar-refractivity contribution in [2.24, 2.45) is 5.92 Å². The van der Waals surface area contributed by atoms with E-state index in [-0.39, 0.29) is 11.1 Å². The predicted molar refractivity (Wildman–Crippen MR) is 134 cm³/mol. The molecule has 35 heavy (non-hydrogen) atoms. The molecule has 0 radical (unpaired) electrons. The van der Waals surface area contributed by atoms with Crippen molar-refractivity contribution in [1.82, 2.24) is 0 Å². The van der Waals surface area contributed by atoms with Crippen LogP contribution in [-0.4, -0.2) is 6.61 Å². The van der Waals surface area contributed by atoms with E-state index in [9.17, 15) is 13.2 Å². The number of hydrogen-bond acceptors (Lipinski definition) is 1. The Hall–Kier alpha value is -2.56. The van der Waals surface area contributed by atoms with Crippen LogP contribution in [0, 0.1) is 17.6 Å². The van der Waals surface area contributed by atoms with E-state index >= 15 is 4.39 Å². The Morgan fingerprint density at radius 2 is 1.63 bits per heavy atom. The summed E-state index contributed by atoms with van der Waals surface area (Å²) in [6.45, 7) is -0.870. The van der Waals surface area contributed by atoms with Gasteiger partial charge in [-0.15, -0.1) is 0 Å². The van der Waals surface area contributed by atoms with Crippen LogP contribution in [0.2, 0.25) is 0 Å². The van der Waals surface area contributed by atoms with E-state index in [4.69, 9.17) is 0 Å². The lowest BCUT2D eigenvalue weighted by Gasteiger charge is -2.29. The van der Waals surface area contributed by atoms with Crippen LogP contribution in [0.25, 0.3) is 21.9 Å². The number of hydrogen-bond donors (Lipinski definition) is 0. The van der Waals surface area contributed by atoms with E-state index in [1.165, 1.54) is 75.8 Å². The molecule has 0 N–H and O–H groups in total. The van der Waals surface area contributed by atoms with Gasteiger partial charge in [-0.2, -0.15) is 8.78 Å². The second-order valence-electron chi connectivity index (χ2n) is 9.85. The van der Waals surface area contributed by atoms with Gasteiger partial charge in [-0.25, -0.2) is 8.78 Å². The van der Waals surface area contributed by atoms with Crippen molar-refractivity contribution >= 4 is 10.8 Å². The average molecular weight is 487 g/mol. The SMILES string of the molecule is CCCCCCC[C@H]1CC[C@H](c2ccc3c(F)c(-c4ccc(OC(F)F)c(F)c4)ccc3c2)CC1. The van der Waals surface area contributed by atoms with E-state index in [1.54, 1.807) is 6.07 Å². The Morgan fingerprint density at radius 1 is 0.857 bits per heavy atom. The number of halogens is 4. The molecule has 1 fully saturated rings. The monoisotopic (exact) mass is 486 g/mol. The van der Waals surface area contributed by atoms with Crippen molar-refractivity contribution in [3.05, 3.63) is 65.7 Å². The minimum Gasteiger partial charge on any atom is -0.432 e. The molecule has 1 aliphatic rings. The number of rotatable bonds is 10. The van der Waals surface area contributed by atoms with Crippen LogP contribution < -0.4 is 4.74 Å². The zero-order chi connectivity index (χ0) is 24.8. The van der Waals surface area contributed by atoms with E-state index in [0.717, 1.165) is 23.4 Å². The molecule has 3 aromatic carbocycles. The van der Waals surface area contributed by atoms with Crippen LogP contribution in [0.15, 0.2) is 48.5 Å². The Kier molecular flexibility index (Phi) is 8.69. The molecule has 0 aliphatic heterocycles. The summed E-state index contributed by atoms with van der Waals surface area (Å²) in [6, 6.07) is 12.9. The molecule has 0 aromatic heterocycles. The second kappa shape index (κ2) is 11.9. The molecule has 0 amide bonds. The van der Waals surface area contributed by atoms with E-state index in [0.29, 0.717) is 11.3 Å². The second-order valence-corrected chi connectivity index (χ2v) is 9.85. The fourth-order valence-electron chi connectivity index (χ4n) is 5.47. The predicted octanol–water partition coefficient (Wildman–Crippen LogP) is 10.0. The lowest BCUT2D eigenvalue weighted by Crippen LogP contribution is -2.13. The molecule has 4 rings (SSSR count). The third-order valence-electron chi connectivity index (χ3n) is 7.47. The number of alkyl halides is 2. The summed E-state index contributed by atoms with van der Waals surface area (Å²) in [5.41, 5.74) is 1.76. The molecule has 0 bridgehead atoms. The summed E-state index contributed by atoms with van der Waals surface area (Å²) in [5.74, 6) is -0.598. The molecule has 0 unspecified atom stereocenters. The van der Waals surface area contributed by atoms with Gasteiger partial charge in [0.05, 0.1) is 0 Å². The van der Waals surface area contributed by atoms with Crippen LogP contribution in [-0.2, 0) is 0 Å². The van der Waals surface area contributed by atoms with Gasteiger partial charge in [-0.1, -0.05) is 81.8 Å². The zero-order valence-electron chi connectivity index (χ0n) is 20.3. The molecule has 0 atom stereocenters. The van der Waals surface area contributed by atoms with Gasteiger partial charge in [-0.05, 0) is 66.2 Å². The molecule has 0 heterocycles. The Labute approximate surface area is 205 Å². The number of ether oxygens (including phenoxy) is 1. The summed E-state index contributed by atoms with van der Waals surface area (Å²) >= 11 is 0. The Morgan fingerprint density at radius 3 is 2.34 bits per heavy atom. The van der Waals surface area contributed by atoms with Crippen LogP contribution in [0.3, 0.4) is 0 Å². The van der Waals surface area contributed by atoms with Gasteiger partial charge in [0, 0.05) is 10.9 Å². The molecule has 0 spiro atoms. The van der Waals surface area contributed by atoms with Gasteiger partial charge in [0.1, 0.15) is 5.82 Å². The molecular weight excluding hydrogens is 452 g/mol. The largest absolute Gasteiger partial charge is 0.432 e. The van der Waals surface area contributed by atoms with Crippen molar-refractivity contribution in [1.29, 1.82) is 0 Å². The lowest BCUT2D eigenvalue weighted by molar-refractivity contribution is -0.0521. The molecule has 0 saturated heterocycles. The minimum absolute atomic E-state index is 0.229. The highest BCUT2D eigenvalue weighted by Gasteiger charge is 2.23. The smallest absolute Gasteiger partial charge is 0.387 e. The van der Waals surface area contributed by atoms with Crippen LogP contribution in [0.1, 0.15) is 82.6 Å². The van der Waals surface area contributed by atoms with Gasteiger partial charge < -0.3 is 4.74 Å². The van der Waals surface area contributed by atoms with Crippen molar-refractivity contribution in [2.75, 3.05) is 0 Å². The third-order valence-corrected chi connectivity index (χ3v) is 7.47. The molecule has 1 saturated carbocycles. The fraction of sp³-hybridized carbons (Fsp3) is 0.467. The highest BCUT2D eigenvalue weighted by molar-refractivity contribution is 5.89. The first kappa shape index (κ1) is 25.5. The van der Waals surface area contributed by atoms with Crippen molar-refractivity contribution < 1.29 is 22.3 Å². The minimum atomic E-state index is -3.12. The van der Waals surface area contributed by atoms with Gasteiger partial charge in [0.2, 0.25) is 0 Å². The highest BCUT2D eigenvalue weighted by atomic mass is 19.3. The quantitative estimate of drug-likeness (QED) is 0.205. The van der Waals surface area contributed by atoms with Crippen LogP contribution in [0.4, 0.5) is 17.6 Å². The molecular formula is C30H34F4O. The average Bonchev–Trinajstić information content (AvgIpc) is 2.85. The summed E-state index contributed by atoms with van der Waals surface area (Å²) in [6.07, 6.45) is 12.9. The zero-order valence-corrected chi connectivity index (χ0v) is 20.3.